The van der Waals surface area contributed by atoms with Crippen LogP contribution >= 0.6 is 0 Å². The van der Waals surface area contributed by atoms with Crippen molar-refractivity contribution in [3.05, 3.63) is 0 Å². The van der Waals surface area contributed by atoms with Crippen molar-refractivity contribution in [1.82, 2.24) is 0 Å². The van der Waals surface area contributed by atoms with Gasteiger partial charge in [-0.1, -0.05) is 20.8 Å². The van der Waals surface area contributed by atoms with E-state index in [4.69, 9.17) is 76.8 Å². The zero-order valence-corrected chi connectivity index (χ0v) is 53.0. The van der Waals surface area contributed by atoms with Gasteiger partial charge in [-0.3, -0.25) is 0 Å². The normalized spacial score (nSPS) is 47.7. The highest BCUT2D eigenvalue weighted by Crippen LogP contribution is 2.40. The summed E-state index contributed by atoms with van der Waals surface area (Å²) < 4.78 is 87.9. The van der Waals surface area contributed by atoms with Gasteiger partial charge in [0.25, 0.3) is 5.79 Å². The van der Waals surface area contributed by atoms with E-state index in [1.165, 1.54) is 20.8 Å². The number of carboxylic acid groups (broad SMARTS) is 1. The molecule has 40 heteroatoms. The number of carbonyl (C=O) groups is 1. The highest BCUT2D eigenvalue weighted by atomic mass is 16.8. The summed E-state index contributed by atoms with van der Waals surface area (Å²) in [5.41, 5.74) is 5.93. The first kappa shape index (κ1) is 81.3. The second-order valence-electron chi connectivity index (χ2n) is 25.4. The molecular weight excluding hydrogens is 1310 g/mol. The van der Waals surface area contributed by atoms with Crippen LogP contribution in [0.5, 0.6) is 0 Å². The molecule has 0 amide bonds. The lowest BCUT2D eigenvalue weighted by Gasteiger charge is -2.49. The van der Waals surface area contributed by atoms with Crippen molar-refractivity contribution in [3.8, 4) is 0 Å². The lowest BCUT2D eigenvalue weighted by molar-refractivity contribution is -0.385. The summed E-state index contributed by atoms with van der Waals surface area (Å²) in [7, 11) is 0. The molecule has 7 aliphatic heterocycles. The van der Waals surface area contributed by atoms with Crippen molar-refractivity contribution >= 4 is 5.97 Å². The molecule has 7 saturated heterocycles. The van der Waals surface area contributed by atoms with Gasteiger partial charge in [-0.05, 0) is 13.8 Å². The van der Waals surface area contributed by atoms with E-state index in [-0.39, 0.29) is 0 Å². The molecule has 7 fully saturated rings. The Morgan fingerprint density at radius 2 is 0.969 bits per heavy atom. The van der Waals surface area contributed by atoms with E-state index < -0.39 is 316 Å². The van der Waals surface area contributed by atoms with Gasteiger partial charge in [-0.15, -0.1) is 0 Å². The minimum Gasteiger partial charge on any atom is -0.477 e. The number of rotatable bonds is 30. The third kappa shape index (κ3) is 17.8. The van der Waals surface area contributed by atoms with Gasteiger partial charge in [0.15, 0.2) is 37.7 Å². The number of aliphatic carboxylic acids is 1. The summed E-state index contributed by atoms with van der Waals surface area (Å²) in [5.74, 6) is -7.70. The third-order valence-electron chi connectivity index (χ3n) is 18.9. The first-order valence-corrected chi connectivity index (χ1v) is 31.5. The Morgan fingerprint density at radius 3 is 1.51 bits per heavy atom. The fourth-order valence-corrected chi connectivity index (χ4v) is 12.4. The molecule has 40 atom stereocenters. The van der Waals surface area contributed by atoms with Crippen LogP contribution in [0.15, 0.2) is 0 Å². The Balaban J connectivity index is 1.07. The molecule has 0 bridgehead atoms. The van der Waals surface area contributed by atoms with Gasteiger partial charge >= 0.3 is 5.97 Å². The molecule has 7 aliphatic rings. The van der Waals surface area contributed by atoms with E-state index in [9.17, 15) is 122 Å². The largest absolute Gasteiger partial charge is 0.477 e. The Morgan fingerprint density at radius 1 is 0.510 bits per heavy atom. The van der Waals surface area contributed by atoms with E-state index in [2.05, 4.69) is 0 Å². The molecule has 562 valence electrons. The van der Waals surface area contributed by atoms with Crippen molar-refractivity contribution in [2.45, 2.75) is 268 Å². The van der Waals surface area contributed by atoms with Crippen LogP contribution in [0.1, 0.15) is 41.0 Å². The molecule has 0 spiro atoms. The minimum atomic E-state index is -2.90. The Bertz CT molecular complexity index is 2330. The zero-order chi connectivity index (χ0) is 71.3. The summed E-state index contributed by atoms with van der Waals surface area (Å²) in [4.78, 5) is 12.7. The number of hydrogen-bond donors (Lipinski definition) is 24. The second kappa shape index (κ2) is 35.4. The highest BCUT2D eigenvalue weighted by molar-refractivity contribution is 5.76. The SMILES string of the molecule is CC1[C@H](C)OC(CO)[C@@H](O[C@@H]2OC(CO)[C@@H](O[C@@H](CO)OC(CO[C@H]3OC(CO)[C@@H](O)C(O)[C@H]3O)[C@@H](O)[C@@H](C)O[C@H]3O[C@H](CO)[C@@H](O)C(O)C3O[C@@H]3OC(CO)[C@@H](O[C@@H]4OC(CO[C@]5(C(=O)O)C[C@@H](O)[C@@H](N)C([C@H](O)[C@H](O)CO)O5)[C@H](O)C(O)[C@@H]4O)C(O)[C@@H]3C)C(O)[C@@H]2C)[C@@H]1O. The van der Waals surface area contributed by atoms with E-state index >= 15 is 0 Å². The average Bonchev–Trinajstić information content (AvgIpc) is 0.781. The fraction of sp³-hybridized carbons (Fsp3) is 0.982. The Hall–Kier alpha value is -2.05. The standard InChI is InChI=1S/C56H99NO39/c1-16-19(4)84-25(10-61)46(32(16)67)93-50-17(2)33(68)45(26(11-62)89-50)92-30(13-64)86-28(14-82-52-43(78)40(75)37(72)23(8-59)87-52)35(70)20(5)85-54-49(42(77)38(73)24(9-60)88-54)95-51-18(3)34(69)47(27(12-63)90-51)94-53-44(79)41(76)39(74)29(91-53)15-83-56(55(80)81)6-21(65)31(57)48(96-56)36(71)22(66)7-58/h16-54,58-79H,6-15,57H2,1-5H3,(H,80,81)/t16?,17-,18-,19-,20+,21+,22+,23?,24+,25?,26?,27?,28?,29?,30-,31+,32+,33?,34?,35-,36+,37+,38+,39-,40?,41?,42?,43+,44-,45+,46+,47+,48?,49?,50-,51-,52-,53-,54-,56+/m0/s1. The van der Waals surface area contributed by atoms with E-state index in [1.54, 1.807) is 13.8 Å². The smallest absolute Gasteiger partial charge is 0.364 e. The van der Waals surface area contributed by atoms with Gasteiger partial charge in [-0.2, -0.15) is 0 Å². The molecule has 0 aromatic rings. The number of nitrogens with two attached hydrogens (primary N) is 1. The van der Waals surface area contributed by atoms with E-state index in [1.807, 2.05) is 0 Å². The van der Waals surface area contributed by atoms with Crippen LogP contribution < -0.4 is 5.73 Å². The number of aliphatic hydroxyl groups is 22. The van der Waals surface area contributed by atoms with E-state index in [0.717, 1.165) is 0 Å². The fourth-order valence-electron chi connectivity index (χ4n) is 12.4. The molecule has 40 nitrogen and oxygen atoms in total. The van der Waals surface area contributed by atoms with Crippen LogP contribution in [0.3, 0.4) is 0 Å². The lowest BCUT2D eigenvalue weighted by Crippen LogP contribution is -2.67. The maximum absolute atomic E-state index is 12.7. The molecule has 0 aromatic carbocycles. The molecule has 0 aliphatic carbocycles. The Kier molecular flexibility index (Phi) is 30.0. The van der Waals surface area contributed by atoms with Crippen LogP contribution in [-0.4, -0.2) is 409 Å². The molecule has 0 aromatic heterocycles. The van der Waals surface area contributed by atoms with Crippen molar-refractivity contribution in [2.24, 2.45) is 23.5 Å². The summed E-state index contributed by atoms with van der Waals surface area (Å²) in [6.07, 6.45) is -62.5. The van der Waals surface area contributed by atoms with Gasteiger partial charge in [0.1, 0.15) is 140 Å². The number of carboxylic acids is 1. The number of aliphatic hydroxyl groups excluding tert-OH is 22. The van der Waals surface area contributed by atoms with Gasteiger partial charge in [0.05, 0.1) is 102 Å². The molecule has 7 rings (SSSR count). The zero-order valence-electron chi connectivity index (χ0n) is 53.0. The van der Waals surface area contributed by atoms with Crippen molar-refractivity contribution in [1.29, 1.82) is 0 Å². The molecule has 96 heavy (non-hydrogen) atoms. The summed E-state index contributed by atoms with van der Waals surface area (Å²) >= 11 is 0. The van der Waals surface area contributed by atoms with Crippen molar-refractivity contribution < 1.29 is 193 Å². The third-order valence-corrected chi connectivity index (χ3v) is 18.9. The van der Waals surface area contributed by atoms with Crippen LogP contribution in [0.25, 0.3) is 0 Å². The van der Waals surface area contributed by atoms with Gasteiger partial charge in [0.2, 0.25) is 0 Å². The molecule has 0 saturated carbocycles. The predicted molar refractivity (Wildman–Crippen MR) is 303 cm³/mol. The number of hydrogen-bond acceptors (Lipinski definition) is 39. The monoisotopic (exact) mass is 1410 g/mol. The van der Waals surface area contributed by atoms with Gasteiger partial charge in [-0.25, -0.2) is 4.79 Å². The van der Waals surface area contributed by atoms with Crippen molar-refractivity contribution in [2.75, 3.05) is 59.5 Å². The molecule has 25 N–H and O–H groups in total. The number of ether oxygens (including phenoxy) is 15. The minimum absolute atomic E-state index is 0.477. The molecule has 0 radical (unpaired) electrons. The van der Waals surface area contributed by atoms with Crippen LogP contribution in [0.4, 0.5) is 0 Å². The summed E-state index contributed by atoms with van der Waals surface area (Å²) in [6, 6.07) is -1.53. The van der Waals surface area contributed by atoms with Crippen LogP contribution in [0, 0.1) is 17.8 Å². The van der Waals surface area contributed by atoms with E-state index in [0.29, 0.717) is 0 Å². The predicted octanol–water partition coefficient (Wildman–Crippen LogP) is -13.7. The van der Waals surface area contributed by atoms with Crippen molar-refractivity contribution in [3.63, 3.8) is 0 Å². The Labute approximate surface area is 548 Å². The summed E-state index contributed by atoms with van der Waals surface area (Å²) in [6.45, 7) is -1.15. The quantitative estimate of drug-likeness (QED) is 0.0297. The molecular formula is C56H99NO39. The topological polar surface area (TPSA) is 647 Å². The van der Waals surface area contributed by atoms with Gasteiger partial charge in [0, 0.05) is 24.2 Å². The molecule has 14 unspecified atom stereocenters. The average molecular weight is 1410 g/mol. The summed E-state index contributed by atoms with van der Waals surface area (Å²) in [5, 5.41) is 248. The highest BCUT2D eigenvalue weighted by Gasteiger charge is 2.59. The second-order valence-corrected chi connectivity index (χ2v) is 25.4. The lowest BCUT2D eigenvalue weighted by atomic mass is 9.88. The maximum atomic E-state index is 12.7. The molecule has 7 heterocycles. The first-order chi connectivity index (χ1) is 45.3. The van der Waals surface area contributed by atoms with Gasteiger partial charge < -0.3 is 194 Å². The van der Waals surface area contributed by atoms with Crippen LogP contribution in [0.2, 0.25) is 0 Å². The van der Waals surface area contributed by atoms with Crippen LogP contribution in [-0.2, 0) is 75.8 Å². The first-order valence-electron chi connectivity index (χ1n) is 31.5. The maximum Gasteiger partial charge on any atom is 0.364 e.